The first kappa shape index (κ1) is 22.2. The van der Waals surface area contributed by atoms with Gasteiger partial charge in [0.2, 0.25) is 0 Å². The maximum absolute atomic E-state index is 12.8. The van der Waals surface area contributed by atoms with Crippen LogP contribution in [0.4, 0.5) is 15.4 Å². The molecule has 0 radical (unpaired) electrons. The molecule has 4 heterocycles. The first-order valence-electron chi connectivity index (χ1n) is 11.3. The van der Waals surface area contributed by atoms with Gasteiger partial charge in [0.1, 0.15) is 23.6 Å². The SMILES string of the molecule is CC(C)(C)OC(=O)N1C2CCC1CC(OC(=O)N1CC[C@@H](Nc3ccc(C#N)cn3)C1)C2. The number of carbonyl (C=O) groups excluding carboxylic acids is 2. The van der Waals surface area contributed by atoms with Gasteiger partial charge in [-0.05, 0) is 52.2 Å². The Morgan fingerprint density at radius 3 is 2.47 bits per heavy atom. The van der Waals surface area contributed by atoms with Crippen LogP contribution in [-0.2, 0) is 9.47 Å². The molecule has 0 spiro atoms. The molecule has 4 rings (SSSR count). The summed E-state index contributed by atoms with van der Waals surface area (Å²) in [5, 5.41) is 12.2. The van der Waals surface area contributed by atoms with Crippen LogP contribution in [0.15, 0.2) is 18.3 Å². The van der Waals surface area contributed by atoms with E-state index in [1.165, 1.54) is 6.20 Å². The molecule has 2 amide bonds. The molecule has 3 aliphatic rings. The largest absolute Gasteiger partial charge is 0.446 e. The Morgan fingerprint density at radius 1 is 1.16 bits per heavy atom. The van der Waals surface area contributed by atoms with Crippen LogP contribution in [0.3, 0.4) is 0 Å². The second kappa shape index (κ2) is 8.85. The summed E-state index contributed by atoms with van der Waals surface area (Å²) >= 11 is 0. The number of hydrogen-bond donors (Lipinski definition) is 1. The second-order valence-corrected chi connectivity index (χ2v) is 9.87. The van der Waals surface area contributed by atoms with Crippen LogP contribution in [-0.4, -0.2) is 69.9 Å². The fraction of sp³-hybridized carbons (Fsp3) is 0.652. The van der Waals surface area contributed by atoms with E-state index in [2.05, 4.69) is 10.3 Å². The van der Waals surface area contributed by atoms with Crippen molar-refractivity contribution in [2.24, 2.45) is 0 Å². The van der Waals surface area contributed by atoms with E-state index in [1.54, 1.807) is 17.0 Å². The number of amides is 2. The summed E-state index contributed by atoms with van der Waals surface area (Å²) in [7, 11) is 0. The van der Waals surface area contributed by atoms with Crippen molar-refractivity contribution >= 4 is 18.0 Å². The maximum Gasteiger partial charge on any atom is 0.410 e. The summed E-state index contributed by atoms with van der Waals surface area (Å²) in [6.45, 7) is 6.78. The molecule has 3 aliphatic heterocycles. The fourth-order valence-electron chi connectivity index (χ4n) is 4.85. The Hall–Kier alpha value is -3.02. The molecule has 0 aliphatic carbocycles. The minimum absolute atomic E-state index is 0.0665. The molecular formula is C23H31N5O4. The van der Waals surface area contributed by atoms with Crippen LogP contribution >= 0.6 is 0 Å². The lowest BCUT2D eigenvalue weighted by Gasteiger charge is -2.39. The van der Waals surface area contributed by atoms with Crippen molar-refractivity contribution in [1.82, 2.24) is 14.8 Å². The van der Waals surface area contributed by atoms with Gasteiger partial charge in [0.15, 0.2) is 0 Å². The summed E-state index contributed by atoms with van der Waals surface area (Å²) in [4.78, 5) is 33.2. The molecule has 32 heavy (non-hydrogen) atoms. The quantitative estimate of drug-likeness (QED) is 0.765. The lowest BCUT2D eigenvalue weighted by Crippen LogP contribution is -2.51. The molecule has 0 saturated carbocycles. The van der Waals surface area contributed by atoms with Crippen LogP contribution < -0.4 is 5.32 Å². The highest BCUT2D eigenvalue weighted by Gasteiger charge is 2.46. The Kier molecular flexibility index (Phi) is 6.13. The van der Waals surface area contributed by atoms with Gasteiger partial charge in [-0.3, -0.25) is 0 Å². The Morgan fingerprint density at radius 2 is 1.88 bits per heavy atom. The van der Waals surface area contributed by atoms with Crippen LogP contribution in [0.1, 0.15) is 58.4 Å². The molecular weight excluding hydrogens is 410 g/mol. The van der Waals surface area contributed by atoms with Crippen molar-refractivity contribution in [1.29, 1.82) is 5.26 Å². The van der Waals surface area contributed by atoms with E-state index < -0.39 is 5.60 Å². The highest BCUT2D eigenvalue weighted by atomic mass is 16.6. The van der Waals surface area contributed by atoms with E-state index in [-0.39, 0.29) is 36.4 Å². The summed E-state index contributed by atoms with van der Waals surface area (Å²) in [5.41, 5.74) is -0.00756. The number of anilines is 1. The van der Waals surface area contributed by atoms with Crippen LogP contribution in [0.25, 0.3) is 0 Å². The molecule has 3 saturated heterocycles. The second-order valence-electron chi connectivity index (χ2n) is 9.87. The van der Waals surface area contributed by atoms with Crippen LogP contribution in [0, 0.1) is 11.3 Å². The summed E-state index contributed by atoms with van der Waals surface area (Å²) in [6.07, 6.45) is 4.76. The van der Waals surface area contributed by atoms with Crippen molar-refractivity contribution in [2.75, 3.05) is 18.4 Å². The molecule has 1 aromatic rings. The molecule has 0 aromatic carbocycles. The van der Waals surface area contributed by atoms with Crippen LogP contribution in [0.2, 0.25) is 0 Å². The highest BCUT2D eigenvalue weighted by molar-refractivity contribution is 5.70. The number of nitriles is 1. The first-order chi connectivity index (χ1) is 15.2. The maximum atomic E-state index is 12.8. The van der Waals surface area contributed by atoms with Gasteiger partial charge in [-0.25, -0.2) is 14.6 Å². The number of likely N-dealkylation sites (tertiary alicyclic amines) is 1. The molecule has 1 aromatic heterocycles. The standard InChI is InChI=1S/C23H31N5O4/c1-23(2,3)32-22(30)28-17-5-6-18(28)11-19(10-17)31-21(29)27-9-8-16(14-27)26-20-7-4-15(12-24)13-25-20/h4,7,13,16-19H,5-6,8-11,14H2,1-3H3,(H,25,26)/t16-,17?,18?,19?/m1/s1. The van der Waals surface area contributed by atoms with Gasteiger partial charge in [0.25, 0.3) is 0 Å². The van der Waals surface area contributed by atoms with E-state index in [9.17, 15) is 9.59 Å². The topological polar surface area (TPSA) is 108 Å². The minimum Gasteiger partial charge on any atom is -0.446 e. The number of nitrogens with zero attached hydrogens (tertiary/aromatic N) is 4. The Labute approximate surface area is 188 Å². The predicted octanol–water partition coefficient (Wildman–Crippen LogP) is 3.51. The van der Waals surface area contributed by atoms with Crippen molar-refractivity contribution in [3.05, 3.63) is 23.9 Å². The monoisotopic (exact) mass is 441 g/mol. The lowest BCUT2D eigenvalue weighted by molar-refractivity contribution is -0.0193. The van der Waals surface area contributed by atoms with Crippen LogP contribution in [0.5, 0.6) is 0 Å². The fourth-order valence-corrected chi connectivity index (χ4v) is 4.85. The smallest absolute Gasteiger partial charge is 0.410 e. The predicted molar refractivity (Wildman–Crippen MR) is 117 cm³/mol. The number of fused-ring (bicyclic) bond motifs is 2. The minimum atomic E-state index is -0.520. The zero-order valence-electron chi connectivity index (χ0n) is 18.9. The number of piperidine rings is 1. The molecule has 9 heteroatoms. The van der Waals surface area contributed by atoms with Gasteiger partial charge in [0, 0.05) is 50.3 Å². The summed E-state index contributed by atoms with van der Waals surface area (Å²) < 4.78 is 11.4. The van der Waals surface area contributed by atoms with Gasteiger partial charge in [-0.2, -0.15) is 5.26 Å². The number of hydrogen-bond acceptors (Lipinski definition) is 7. The highest BCUT2D eigenvalue weighted by Crippen LogP contribution is 2.38. The van der Waals surface area contributed by atoms with E-state index >= 15 is 0 Å². The molecule has 9 nitrogen and oxygen atoms in total. The van der Waals surface area contributed by atoms with E-state index in [0.29, 0.717) is 37.3 Å². The normalized spacial score (nSPS) is 27.1. The number of nitrogens with one attached hydrogen (secondary N) is 1. The third-order valence-corrected chi connectivity index (χ3v) is 6.25. The first-order valence-corrected chi connectivity index (χ1v) is 11.3. The Balaban J connectivity index is 1.26. The number of ether oxygens (including phenoxy) is 2. The van der Waals surface area contributed by atoms with E-state index in [4.69, 9.17) is 14.7 Å². The summed E-state index contributed by atoms with van der Waals surface area (Å²) in [5.74, 6) is 0.690. The Bertz CT molecular complexity index is 877. The lowest BCUT2D eigenvalue weighted by atomic mass is 10.0. The molecule has 3 fully saturated rings. The number of aromatic nitrogens is 1. The third kappa shape index (κ3) is 5.06. The van der Waals surface area contributed by atoms with Gasteiger partial charge in [-0.1, -0.05) is 0 Å². The average molecular weight is 442 g/mol. The molecule has 2 bridgehead atoms. The molecule has 1 N–H and O–H groups in total. The number of pyridine rings is 1. The third-order valence-electron chi connectivity index (χ3n) is 6.25. The van der Waals surface area contributed by atoms with Crippen molar-refractivity contribution in [3.8, 4) is 6.07 Å². The van der Waals surface area contributed by atoms with Gasteiger partial charge < -0.3 is 24.6 Å². The molecule has 2 unspecified atom stereocenters. The number of rotatable bonds is 3. The van der Waals surface area contributed by atoms with Gasteiger partial charge >= 0.3 is 12.2 Å². The van der Waals surface area contributed by atoms with Gasteiger partial charge in [-0.15, -0.1) is 0 Å². The van der Waals surface area contributed by atoms with Crippen molar-refractivity contribution in [3.63, 3.8) is 0 Å². The van der Waals surface area contributed by atoms with Crippen molar-refractivity contribution < 1.29 is 19.1 Å². The average Bonchev–Trinajstić information content (AvgIpc) is 3.30. The molecule has 3 atom stereocenters. The zero-order chi connectivity index (χ0) is 22.9. The molecule has 172 valence electrons. The zero-order valence-corrected chi connectivity index (χ0v) is 18.9. The number of carbonyl (C=O) groups is 2. The van der Waals surface area contributed by atoms with E-state index in [1.807, 2.05) is 31.7 Å². The van der Waals surface area contributed by atoms with Gasteiger partial charge in [0.05, 0.1) is 5.56 Å². The summed E-state index contributed by atoms with van der Waals surface area (Å²) in [6, 6.07) is 5.76. The van der Waals surface area contributed by atoms with E-state index in [0.717, 1.165) is 19.3 Å². The van der Waals surface area contributed by atoms with Crippen molar-refractivity contribution in [2.45, 2.75) is 82.7 Å².